The van der Waals surface area contributed by atoms with E-state index in [1.165, 1.54) is 0 Å². The fourth-order valence-electron chi connectivity index (χ4n) is 2.61. The molecule has 0 heterocycles. The molecule has 0 saturated carbocycles. The topological polar surface area (TPSA) is 47.6 Å². The van der Waals surface area contributed by atoms with Crippen molar-refractivity contribution < 1.29 is 14.3 Å². The van der Waals surface area contributed by atoms with E-state index in [0.29, 0.717) is 19.6 Å². The van der Waals surface area contributed by atoms with Gasteiger partial charge < -0.3 is 14.8 Å². The Morgan fingerprint density at radius 3 is 2.07 bits per heavy atom. The van der Waals surface area contributed by atoms with Crippen molar-refractivity contribution in [2.75, 3.05) is 6.54 Å². The normalized spacial score (nSPS) is 10.2. The van der Waals surface area contributed by atoms with E-state index in [1.807, 2.05) is 84.9 Å². The summed E-state index contributed by atoms with van der Waals surface area (Å²) in [5, 5.41) is 2.78. The lowest BCUT2D eigenvalue weighted by Crippen LogP contribution is -2.26. The minimum atomic E-state index is -0.407. The first-order chi connectivity index (χ1) is 13.3. The molecular weight excluding hydrogens is 338 g/mol. The maximum atomic E-state index is 11.8. The number of carbonyl (C=O) groups is 1. The quantitative estimate of drug-likeness (QED) is 0.631. The highest BCUT2D eigenvalue weighted by Crippen LogP contribution is 2.15. The molecule has 1 amide bonds. The van der Waals surface area contributed by atoms with Gasteiger partial charge in [-0.15, -0.1) is 0 Å². The van der Waals surface area contributed by atoms with Crippen LogP contribution in [-0.4, -0.2) is 12.6 Å². The van der Waals surface area contributed by atoms with Gasteiger partial charge in [-0.05, 0) is 35.2 Å². The van der Waals surface area contributed by atoms with Gasteiger partial charge in [-0.1, -0.05) is 72.8 Å². The molecule has 27 heavy (non-hydrogen) atoms. The summed E-state index contributed by atoms with van der Waals surface area (Å²) in [4.78, 5) is 11.8. The third-order valence-electron chi connectivity index (χ3n) is 4.04. The van der Waals surface area contributed by atoms with Crippen LogP contribution in [-0.2, 0) is 24.4 Å². The van der Waals surface area contributed by atoms with Crippen molar-refractivity contribution >= 4 is 6.09 Å². The Labute approximate surface area is 159 Å². The number of nitrogens with one attached hydrogen (secondary N) is 1. The van der Waals surface area contributed by atoms with Crippen LogP contribution in [0, 0.1) is 0 Å². The van der Waals surface area contributed by atoms with Crippen molar-refractivity contribution in [1.29, 1.82) is 0 Å². The van der Waals surface area contributed by atoms with Crippen molar-refractivity contribution in [2.24, 2.45) is 0 Å². The van der Waals surface area contributed by atoms with E-state index in [4.69, 9.17) is 9.47 Å². The monoisotopic (exact) mass is 361 g/mol. The summed E-state index contributed by atoms with van der Waals surface area (Å²) in [6.45, 7) is 1.32. The molecule has 3 aromatic rings. The predicted octanol–water partition coefficient (Wildman–Crippen LogP) is 4.73. The van der Waals surface area contributed by atoms with Crippen LogP contribution in [0.5, 0.6) is 5.75 Å². The number of alkyl carbamates (subject to hydrolysis) is 1. The smallest absolute Gasteiger partial charge is 0.407 e. The van der Waals surface area contributed by atoms with Gasteiger partial charge in [0.1, 0.15) is 19.0 Å². The standard InChI is InChI=1S/C23H23NO3/c25-23(27-18-21-10-5-2-6-11-21)24-15-14-19-12-7-13-22(16-19)26-17-20-8-3-1-4-9-20/h1-13,16H,14-15,17-18H2,(H,24,25). The Kier molecular flexibility index (Phi) is 6.87. The number of hydrogen-bond donors (Lipinski definition) is 1. The minimum absolute atomic E-state index is 0.273. The Morgan fingerprint density at radius 2 is 1.37 bits per heavy atom. The van der Waals surface area contributed by atoms with Crippen LogP contribution in [0.15, 0.2) is 84.9 Å². The van der Waals surface area contributed by atoms with Gasteiger partial charge in [-0.3, -0.25) is 0 Å². The molecule has 4 nitrogen and oxygen atoms in total. The first-order valence-electron chi connectivity index (χ1n) is 9.00. The van der Waals surface area contributed by atoms with Crippen LogP contribution < -0.4 is 10.1 Å². The van der Waals surface area contributed by atoms with Gasteiger partial charge in [0.25, 0.3) is 0 Å². The number of rotatable bonds is 8. The number of hydrogen-bond acceptors (Lipinski definition) is 3. The Hall–Kier alpha value is -3.27. The van der Waals surface area contributed by atoms with E-state index in [0.717, 1.165) is 22.4 Å². The van der Waals surface area contributed by atoms with Gasteiger partial charge in [0.15, 0.2) is 0 Å². The van der Waals surface area contributed by atoms with Crippen molar-refractivity contribution in [2.45, 2.75) is 19.6 Å². The molecule has 0 aliphatic carbocycles. The van der Waals surface area contributed by atoms with Crippen LogP contribution >= 0.6 is 0 Å². The molecule has 138 valence electrons. The summed E-state index contributed by atoms with van der Waals surface area (Å²) >= 11 is 0. The zero-order valence-corrected chi connectivity index (χ0v) is 15.1. The molecule has 1 N–H and O–H groups in total. The average molecular weight is 361 g/mol. The summed E-state index contributed by atoms with van der Waals surface area (Å²) < 4.78 is 11.0. The fraction of sp³-hybridized carbons (Fsp3) is 0.174. The van der Waals surface area contributed by atoms with E-state index in [-0.39, 0.29) is 6.61 Å². The van der Waals surface area contributed by atoms with Gasteiger partial charge in [0.2, 0.25) is 0 Å². The maximum Gasteiger partial charge on any atom is 0.407 e. The zero-order chi connectivity index (χ0) is 18.7. The van der Waals surface area contributed by atoms with Crippen LogP contribution in [0.1, 0.15) is 16.7 Å². The first-order valence-corrected chi connectivity index (χ1v) is 9.00. The molecule has 0 radical (unpaired) electrons. The summed E-state index contributed by atoms with van der Waals surface area (Å²) in [6.07, 6.45) is 0.304. The lowest BCUT2D eigenvalue weighted by atomic mass is 10.1. The molecule has 0 fully saturated rings. The van der Waals surface area contributed by atoms with E-state index in [2.05, 4.69) is 5.32 Å². The van der Waals surface area contributed by atoms with Crippen LogP contribution in [0.25, 0.3) is 0 Å². The first kappa shape index (κ1) is 18.5. The summed E-state index contributed by atoms with van der Waals surface area (Å²) in [6, 6.07) is 27.6. The SMILES string of the molecule is O=C(NCCc1cccc(OCc2ccccc2)c1)OCc1ccccc1. The summed E-state index contributed by atoms with van der Waals surface area (Å²) in [5.74, 6) is 0.822. The molecule has 0 aromatic heterocycles. The molecule has 3 aromatic carbocycles. The lowest BCUT2D eigenvalue weighted by Gasteiger charge is -2.09. The summed E-state index contributed by atoms with van der Waals surface area (Å²) in [7, 11) is 0. The second-order valence-electron chi connectivity index (χ2n) is 6.16. The fourth-order valence-corrected chi connectivity index (χ4v) is 2.61. The van der Waals surface area contributed by atoms with E-state index < -0.39 is 6.09 Å². The molecule has 0 atom stereocenters. The molecule has 0 spiro atoms. The lowest BCUT2D eigenvalue weighted by molar-refractivity contribution is 0.140. The average Bonchev–Trinajstić information content (AvgIpc) is 2.73. The minimum Gasteiger partial charge on any atom is -0.489 e. The van der Waals surface area contributed by atoms with Gasteiger partial charge >= 0.3 is 6.09 Å². The highest BCUT2D eigenvalue weighted by atomic mass is 16.5. The molecule has 0 unspecified atom stereocenters. The number of carbonyl (C=O) groups excluding carboxylic acids is 1. The Bertz CT molecular complexity index is 835. The number of benzene rings is 3. The molecule has 4 heteroatoms. The molecule has 0 bridgehead atoms. The van der Waals surface area contributed by atoms with Crippen molar-refractivity contribution in [3.05, 3.63) is 102 Å². The van der Waals surface area contributed by atoms with E-state index in [9.17, 15) is 4.79 Å². The second kappa shape index (κ2) is 10.0. The van der Waals surface area contributed by atoms with Gasteiger partial charge in [-0.2, -0.15) is 0 Å². The number of ether oxygens (including phenoxy) is 2. The molecule has 0 aliphatic heterocycles. The predicted molar refractivity (Wildman–Crippen MR) is 106 cm³/mol. The maximum absolute atomic E-state index is 11.8. The Morgan fingerprint density at radius 1 is 0.741 bits per heavy atom. The zero-order valence-electron chi connectivity index (χ0n) is 15.1. The van der Waals surface area contributed by atoms with Crippen LogP contribution in [0.2, 0.25) is 0 Å². The summed E-state index contributed by atoms with van der Waals surface area (Å²) in [5.41, 5.74) is 3.20. The van der Waals surface area contributed by atoms with Gasteiger partial charge in [-0.25, -0.2) is 4.79 Å². The molecule has 0 aliphatic rings. The third-order valence-corrected chi connectivity index (χ3v) is 4.04. The van der Waals surface area contributed by atoms with Gasteiger partial charge in [0, 0.05) is 6.54 Å². The second-order valence-corrected chi connectivity index (χ2v) is 6.16. The van der Waals surface area contributed by atoms with Gasteiger partial charge in [0.05, 0.1) is 0 Å². The molecule has 0 saturated heterocycles. The van der Waals surface area contributed by atoms with Crippen molar-refractivity contribution in [3.8, 4) is 5.75 Å². The van der Waals surface area contributed by atoms with Crippen LogP contribution in [0.4, 0.5) is 4.79 Å². The van der Waals surface area contributed by atoms with E-state index >= 15 is 0 Å². The number of amides is 1. The van der Waals surface area contributed by atoms with Crippen molar-refractivity contribution in [3.63, 3.8) is 0 Å². The molecule has 3 rings (SSSR count). The highest BCUT2D eigenvalue weighted by Gasteiger charge is 2.03. The van der Waals surface area contributed by atoms with Crippen LogP contribution in [0.3, 0.4) is 0 Å². The highest BCUT2D eigenvalue weighted by molar-refractivity contribution is 5.67. The van der Waals surface area contributed by atoms with Crippen molar-refractivity contribution in [1.82, 2.24) is 5.32 Å². The van der Waals surface area contributed by atoms with E-state index in [1.54, 1.807) is 0 Å². The Balaban J connectivity index is 1.39. The molecular formula is C23H23NO3. The largest absolute Gasteiger partial charge is 0.489 e. The third kappa shape index (κ3) is 6.51.